The molecule has 2 aromatic heterocycles. The van der Waals surface area contributed by atoms with E-state index in [1.807, 2.05) is 6.92 Å². The minimum Gasteiger partial charge on any atom is -0.478 e. The van der Waals surface area contributed by atoms with Gasteiger partial charge in [-0.1, -0.05) is 5.16 Å². The van der Waals surface area contributed by atoms with Crippen LogP contribution in [0.1, 0.15) is 12.7 Å². The Bertz CT molecular complexity index is 430. The molecule has 0 aromatic carbocycles. The first kappa shape index (κ1) is 10.4. The van der Waals surface area contributed by atoms with E-state index in [9.17, 15) is 0 Å². The van der Waals surface area contributed by atoms with Crippen LogP contribution in [0.2, 0.25) is 0 Å². The Morgan fingerprint density at radius 2 is 2.38 bits per heavy atom. The first-order valence-corrected chi connectivity index (χ1v) is 4.96. The summed E-state index contributed by atoms with van der Waals surface area (Å²) in [4.78, 5) is 8.02. The summed E-state index contributed by atoms with van der Waals surface area (Å²) in [5, 5.41) is 6.69. The van der Waals surface area contributed by atoms with E-state index in [1.54, 1.807) is 18.3 Å². The molecule has 0 aliphatic heterocycles. The second kappa shape index (κ2) is 5.11. The molecule has 0 saturated heterocycles. The van der Waals surface area contributed by atoms with Gasteiger partial charge in [0.2, 0.25) is 5.88 Å². The third kappa shape index (κ3) is 2.69. The molecule has 0 bridgehead atoms. The SMILES string of the molecule is CCOc1cc(NCc2ccno2)ncn1. The molecule has 0 radical (unpaired) electrons. The maximum Gasteiger partial charge on any atom is 0.218 e. The number of anilines is 1. The maximum atomic E-state index is 5.26. The molecular weight excluding hydrogens is 208 g/mol. The number of nitrogens with zero attached hydrogens (tertiary/aromatic N) is 3. The van der Waals surface area contributed by atoms with Crippen LogP contribution in [-0.2, 0) is 6.54 Å². The van der Waals surface area contributed by atoms with Crippen molar-refractivity contribution in [2.45, 2.75) is 13.5 Å². The van der Waals surface area contributed by atoms with E-state index in [2.05, 4.69) is 20.4 Å². The van der Waals surface area contributed by atoms with Crippen molar-refractivity contribution < 1.29 is 9.26 Å². The molecule has 0 aliphatic carbocycles. The Hall–Kier alpha value is -2.11. The monoisotopic (exact) mass is 220 g/mol. The minimum atomic E-state index is 0.530. The van der Waals surface area contributed by atoms with Gasteiger partial charge in [-0.2, -0.15) is 0 Å². The molecule has 0 spiro atoms. The molecule has 6 nitrogen and oxygen atoms in total. The summed E-state index contributed by atoms with van der Waals surface area (Å²) < 4.78 is 10.2. The van der Waals surface area contributed by atoms with Crippen LogP contribution in [0.15, 0.2) is 29.2 Å². The normalized spacial score (nSPS) is 10.1. The first-order valence-electron chi connectivity index (χ1n) is 4.96. The van der Waals surface area contributed by atoms with Crippen LogP contribution >= 0.6 is 0 Å². The standard InChI is InChI=1S/C10H12N4O2/c1-2-15-10-5-9(12-7-13-10)11-6-8-3-4-14-16-8/h3-5,7H,2,6H2,1H3,(H,11,12,13). The molecular formula is C10H12N4O2. The third-order valence-electron chi connectivity index (χ3n) is 1.87. The van der Waals surface area contributed by atoms with E-state index in [0.29, 0.717) is 24.8 Å². The lowest BCUT2D eigenvalue weighted by atomic mass is 10.4. The van der Waals surface area contributed by atoms with Crippen LogP contribution in [0, 0.1) is 0 Å². The van der Waals surface area contributed by atoms with E-state index in [-0.39, 0.29) is 0 Å². The highest BCUT2D eigenvalue weighted by atomic mass is 16.5. The average Bonchev–Trinajstić information content (AvgIpc) is 2.80. The lowest BCUT2D eigenvalue weighted by molar-refractivity contribution is 0.326. The zero-order chi connectivity index (χ0) is 11.2. The number of nitrogens with one attached hydrogen (secondary N) is 1. The second-order valence-electron chi connectivity index (χ2n) is 3.01. The smallest absolute Gasteiger partial charge is 0.218 e. The zero-order valence-corrected chi connectivity index (χ0v) is 8.88. The predicted octanol–water partition coefficient (Wildman–Crippen LogP) is 1.48. The van der Waals surface area contributed by atoms with Crippen LogP contribution in [0.25, 0.3) is 0 Å². The van der Waals surface area contributed by atoms with Crippen LogP contribution in [-0.4, -0.2) is 21.7 Å². The number of aromatic nitrogens is 3. The van der Waals surface area contributed by atoms with Gasteiger partial charge in [-0.25, -0.2) is 9.97 Å². The molecule has 84 valence electrons. The van der Waals surface area contributed by atoms with Crippen LogP contribution in [0.3, 0.4) is 0 Å². The van der Waals surface area contributed by atoms with Gasteiger partial charge in [0.05, 0.1) is 19.3 Å². The van der Waals surface area contributed by atoms with E-state index < -0.39 is 0 Å². The Morgan fingerprint density at radius 1 is 1.44 bits per heavy atom. The summed E-state index contributed by atoms with van der Waals surface area (Å²) in [5.41, 5.74) is 0. The van der Waals surface area contributed by atoms with Gasteiger partial charge < -0.3 is 14.6 Å². The number of ether oxygens (including phenoxy) is 1. The summed E-state index contributed by atoms with van der Waals surface area (Å²) in [7, 11) is 0. The fourth-order valence-electron chi connectivity index (χ4n) is 1.17. The number of hydrogen-bond acceptors (Lipinski definition) is 6. The summed E-state index contributed by atoms with van der Waals surface area (Å²) in [6, 6.07) is 3.53. The van der Waals surface area contributed by atoms with Crippen molar-refractivity contribution in [2.24, 2.45) is 0 Å². The van der Waals surface area contributed by atoms with Gasteiger partial charge in [0.25, 0.3) is 0 Å². The molecule has 0 aliphatic rings. The van der Waals surface area contributed by atoms with Crippen molar-refractivity contribution in [1.29, 1.82) is 0 Å². The summed E-state index contributed by atoms with van der Waals surface area (Å²) >= 11 is 0. The lowest BCUT2D eigenvalue weighted by Gasteiger charge is -2.05. The van der Waals surface area contributed by atoms with Crippen molar-refractivity contribution in [2.75, 3.05) is 11.9 Å². The van der Waals surface area contributed by atoms with Gasteiger partial charge in [0.15, 0.2) is 5.76 Å². The molecule has 2 rings (SSSR count). The van der Waals surface area contributed by atoms with Crippen LogP contribution in [0.4, 0.5) is 5.82 Å². The first-order chi connectivity index (χ1) is 7.88. The molecule has 0 fully saturated rings. The summed E-state index contributed by atoms with van der Waals surface area (Å²) in [6.45, 7) is 3.02. The largest absolute Gasteiger partial charge is 0.478 e. The van der Waals surface area contributed by atoms with Gasteiger partial charge in [-0.05, 0) is 6.92 Å². The van der Waals surface area contributed by atoms with E-state index in [4.69, 9.17) is 9.26 Å². The molecule has 2 aromatic rings. The van der Waals surface area contributed by atoms with E-state index in [1.165, 1.54) is 6.33 Å². The second-order valence-corrected chi connectivity index (χ2v) is 3.01. The highest BCUT2D eigenvalue weighted by Gasteiger charge is 2.00. The van der Waals surface area contributed by atoms with E-state index in [0.717, 1.165) is 5.76 Å². The molecule has 0 unspecified atom stereocenters. The van der Waals surface area contributed by atoms with Crippen LogP contribution in [0.5, 0.6) is 5.88 Å². The minimum absolute atomic E-state index is 0.530. The molecule has 2 heterocycles. The van der Waals surface area contributed by atoms with E-state index >= 15 is 0 Å². The van der Waals surface area contributed by atoms with Crippen molar-refractivity contribution >= 4 is 5.82 Å². The van der Waals surface area contributed by atoms with Crippen molar-refractivity contribution in [3.8, 4) is 5.88 Å². The van der Waals surface area contributed by atoms with Crippen LogP contribution < -0.4 is 10.1 Å². The third-order valence-corrected chi connectivity index (χ3v) is 1.87. The van der Waals surface area contributed by atoms with Gasteiger partial charge >= 0.3 is 0 Å². The molecule has 16 heavy (non-hydrogen) atoms. The highest BCUT2D eigenvalue weighted by molar-refractivity contribution is 5.37. The fraction of sp³-hybridized carbons (Fsp3) is 0.300. The fourth-order valence-corrected chi connectivity index (χ4v) is 1.17. The van der Waals surface area contributed by atoms with Gasteiger partial charge in [-0.3, -0.25) is 0 Å². The quantitative estimate of drug-likeness (QED) is 0.822. The molecule has 6 heteroatoms. The average molecular weight is 220 g/mol. The predicted molar refractivity (Wildman–Crippen MR) is 57.0 cm³/mol. The molecule has 0 atom stereocenters. The Labute approximate surface area is 92.7 Å². The lowest BCUT2D eigenvalue weighted by Crippen LogP contribution is -2.02. The Morgan fingerprint density at radius 3 is 3.12 bits per heavy atom. The zero-order valence-electron chi connectivity index (χ0n) is 8.88. The summed E-state index contributed by atoms with van der Waals surface area (Å²) in [6.07, 6.45) is 3.05. The molecule has 0 saturated carbocycles. The topological polar surface area (TPSA) is 73.1 Å². The number of hydrogen-bond donors (Lipinski definition) is 1. The van der Waals surface area contributed by atoms with Crippen molar-refractivity contribution in [3.63, 3.8) is 0 Å². The summed E-state index contributed by atoms with van der Waals surface area (Å²) in [5.74, 6) is 1.99. The Kier molecular flexibility index (Phi) is 3.32. The highest BCUT2D eigenvalue weighted by Crippen LogP contribution is 2.11. The molecule has 0 amide bonds. The molecule has 1 N–H and O–H groups in total. The Balaban J connectivity index is 1.96. The van der Waals surface area contributed by atoms with Crippen molar-refractivity contribution in [1.82, 2.24) is 15.1 Å². The number of rotatable bonds is 5. The van der Waals surface area contributed by atoms with Crippen molar-refractivity contribution in [3.05, 3.63) is 30.4 Å². The maximum absolute atomic E-state index is 5.26. The van der Waals surface area contributed by atoms with Gasteiger partial charge in [0.1, 0.15) is 12.1 Å². The van der Waals surface area contributed by atoms with Gasteiger partial charge in [-0.15, -0.1) is 0 Å². The van der Waals surface area contributed by atoms with Gasteiger partial charge in [0, 0.05) is 12.1 Å².